The Hall–Kier alpha value is -2.81. The molecule has 1 aliphatic heterocycles. The molecule has 3 aromatic rings. The molecular formula is C25H27FN2O4S. The number of ether oxygens (including phenoxy) is 1. The van der Waals surface area contributed by atoms with Crippen molar-refractivity contribution in [1.29, 1.82) is 0 Å². The third-order valence-electron chi connectivity index (χ3n) is 6.19. The van der Waals surface area contributed by atoms with Crippen LogP contribution in [0, 0.1) is 5.82 Å². The van der Waals surface area contributed by atoms with Crippen molar-refractivity contribution in [2.24, 2.45) is 0 Å². The lowest BCUT2D eigenvalue weighted by Crippen LogP contribution is -2.45. The van der Waals surface area contributed by atoms with Crippen LogP contribution in [-0.2, 0) is 25.0 Å². The summed E-state index contributed by atoms with van der Waals surface area (Å²) in [6.07, 6.45) is 1.35. The lowest BCUT2D eigenvalue weighted by molar-refractivity contribution is -0.121. The zero-order valence-corrected chi connectivity index (χ0v) is 19.0. The largest absolute Gasteiger partial charge is 0.381 e. The van der Waals surface area contributed by atoms with Crippen LogP contribution in [0.3, 0.4) is 0 Å². The van der Waals surface area contributed by atoms with Gasteiger partial charge in [0.2, 0.25) is 15.9 Å². The number of fused-ring (bicyclic) bond motifs is 1. The Morgan fingerprint density at radius 1 is 0.970 bits per heavy atom. The number of halogens is 1. The van der Waals surface area contributed by atoms with E-state index in [1.807, 2.05) is 30.3 Å². The first kappa shape index (κ1) is 23.4. The Kier molecular flexibility index (Phi) is 7.07. The quantitative estimate of drug-likeness (QED) is 0.528. The van der Waals surface area contributed by atoms with Gasteiger partial charge in [0.15, 0.2) is 0 Å². The SMILES string of the molecule is O=C(CCNS(=O)(=O)c1ccc2ccccc2c1)NCC1(c2cccc(F)c2)CCOCC1. The van der Waals surface area contributed by atoms with Crippen LogP contribution in [0.15, 0.2) is 71.6 Å². The van der Waals surface area contributed by atoms with Crippen LogP contribution in [0.25, 0.3) is 10.8 Å². The van der Waals surface area contributed by atoms with Crippen LogP contribution in [0.1, 0.15) is 24.8 Å². The number of carbonyl (C=O) groups excluding carboxylic acids is 1. The van der Waals surface area contributed by atoms with Gasteiger partial charge in [0.05, 0.1) is 4.90 Å². The van der Waals surface area contributed by atoms with Crippen LogP contribution < -0.4 is 10.0 Å². The third-order valence-corrected chi connectivity index (χ3v) is 7.64. The molecule has 3 aromatic carbocycles. The van der Waals surface area contributed by atoms with Crippen LogP contribution in [0.5, 0.6) is 0 Å². The summed E-state index contributed by atoms with van der Waals surface area (Å²) in [5.74, 6) is -0.578. The van der Waals surface area contributed by atoms with Crippen molar-refractivity contribution in [3.8, 4) is 0 Å². The molecule has 0 radical (unpaired) electrons. The van der Waals surface area contributed by atoms with Crippen molar-refractivity contribution in [3.05, 3.63) is 78.1 Å². The lowest BCUT2D eigenvalue weighted by atomic mass is 9.74. The first-order valence-electron chi connectivity index (χ1n) is 11.0. The van der Waals surface area contributed by atoms with E-state index in [2.05, 4.69) is 10.0 Å². The summed E-state index contributed by atoms with van der Waals surface area (Å²) >= 11 is 0. The monoisotopic (exact) mass is 470 g/mol. The van der Waals surface area contributed by atoms with Crippen LogP contribution in [0.4, 0.5) is 4.39 Å². The maximum absolute atomic E-state index is 13.8. The number of benzene rings is 3. The fraction of sp³-hybridized carbons (Fsp3) is 0.320. The van der Waals surface area contributed by atoms with Gasteiger partial charge in [-0.05, 0) is 53.4 Å². The molecule has 8 heteroatoms. The Morgan fingerprint density at radius 2 is 1.73 bits per heavy atom. The number of carbonyl (C=O) groups is 1. The molecule has 6 nitrogen and oxygen atoms in total. The fourth-order valence-corrected chi connectivity index (χ4v) is 5.29. The van der Waals surface area contributed by atoms with Gasteiger partial charge in [-0.3, -0.25) is 4.79 Å². The topological polar surface area (TPSA) is 84.5 Å². The molecule has 4 rings (SSSR count). The molecular weight excluding hydrogens is 443 g/mol. The van der Waals surface area contributed by atoms with E-state index in [4.69, 9.17) is 4.74 Å². The summed E-state index contributed by atoms with van der Waals surface area (Å²) in [7, 11) is -3.73. The Balaban J connectivity index is 1.34. The van der Waals surface area contributed by atoms with Gasteiger partial charge >= 0.3 is 0 Å². The molecule has 174 valence electrons. The standard InChI is InChI=1S/C25H27FN2O4S/c26-22-7-3-6-21(17-22)25(11-14-32-15-12-25)18-27-24(29)10-13-28-33(30,31)23-9-8-19-4-1-2-5-20(19)16-23/h1-9,16-17,28H,10-15,18H2,(H,27,29). The molecule has 1 aliphatic rings. The van der Waals surface area contributed by atoms with E-state index in [1.54, 1.807) is 24.3 Å². The fourth-order valence-electron chi connectivity index (χ4n) is 4.22. The highest BCUT2D eigenvalue weighted by atomic mass is 32.2. The Morgan fingerprint density at radius 3 is 2.48 bits per heavy atom. The molecule has 1 amide bonds. The Labute approximate surface area is 193 Å². The molecule has 2 N–H and O–H groups in total. The number of sulfonamides is 1. The molecule has 0 saturated carbocycles. The number of amides is 1. The summed E-state index contributed by atoms with van der Waals surface area (Å²) in [6, 6.07) is 18.9. The highest BCUT2D eigenvalue weighted by molar-refractivity contribution is 7.89. The maximum atomic E-state index is 13.8. The predicted molar refractivity (Wildman–Crippen MR) is 125 cm³/mol. The number of rotatable bonds is 8. The minimum absolute atomic E-state index is 0.00252. The summed E-state index contributed by atoms with van der Waals surface area (Å²) in [5.41, 5.74) is 0.434. The van der Waals surface area contributed by atoms with Gasteiger partial charge < -0.3 is 10.1 Å². The van der Waals surface area contributed by atoms with E-state index in [0.29, 0.717) is 32.6 Å². The van der Waals surface area contributed by atoms with Gasteiger partial charge in [-0.2, -0.15) is 0 Å². The Bertz CT molecular complexity index is 1240. The zero-order chi connectivity index (χ0) is 23.3. The average Bonchev–Trinajstić information content (AvgIpc) is 2.83. The van der Waals surface area contributed by atoms with Crippen LogP contribution in [-0.4, -0.2) is 40.6 Å². The van der Waals surface area contributed by atoms with Crippen molar-refractivity contribution < 1.29 is 22.3 Å². The molecule has 0 spiro atoms. The van der Waals surface area contributed by atoms with E-state index >= 15 is 0 Å². The molecule has 0 aromatic heterocycles. The molecule has 0 atom stereocenters. The number of hydrogen-bond acceptors (Lipinski definition) is 4. The second-order valence-corrected chi connectivity index (χ2v) is 10.1. The first-order chi connectivity index (χ1) is 15.9. The third kappa shape index (κ3) is 5.58. The maximum Gasteiger partial charge on any atom is 0.240 e. The molecule has 0 aliphatic carbocycles. The minimum atomic E-state index is -3.73. The first-order valence-corrected chi connectivity index (χ1v) is 12.5. The summed E-state index contributed by atoms with van der Waals surface area (Å²) in [5, 5.41) is 4.70. The minimum Gasteiger partial charge on any atom is -0.381 e. The molecule has 1 saturated heterocycles. The van der Waals surface area contributed by atoms with E-state index in [0.717, 1.165) is 16.3 Å². The van der Waals surface area contributed by atoms with Crippen molar-refractivity contribution in [1.82, 2.24) is 10.0 Å². The zero-order valence-electron chi connectivity index (χ0n) is 18.2. The second-order valence-electron chi connectivity index (χ2n) is 8.34. The molecule has 0 bridgehead atoms. The van der Waals surface area contributed by atoms with E-state index in [-0.39, 0.29) is 29.6 Å². The van der Waals surface area contributed by atoms with Gasteiger partial charge in [-0.1, -0.05) is 42.5 Å². The van der Waals surface area contributed by atoms with Crippen molar-refractivity contribution in [2.75, 3.05) is 26.3 Å². The van der Waals surface area contributed by atoms with Crippen molar-refractivity contribution >= 4 is 26.7 Å². The van der Waals surface area contributed by atoms with E-state index in [9.17, 15) is 17.6 Å². The molecule has 1 heterocycles. The van der Waals surface area contributed by atoms with Crippen molar-refractivity contribution in [2.45, 2.75) is 29.6 Å². The van der Waals surface area contributed by atoms with Crippen LogP contribution >= 0.6 is 0 Å². The highest BCUT2D eigenvalue weighted by Gasteiger charge is 2.35. The molecule has 0 unspecified atom stereocenters. The lowest BCUT2D eigenvalue weighted by Gasteiger charge is -2.38. The highest BCUT2D eigenvalue weighted by Crippen LogP contribution is 2.34. The summed E-state index contributed by atoms with van der Waals surface area (Å²) in [4.78, 5) is 12.6. The molecule has 33 heavy (non-hydrogen) atoms. The summed E-state index contributed by atoms with van der Waals surface area (Å²) in [6.45, 7) is 1.41. The number of hydrogen-bond donors (Lipinski definition) is 2. The van der Waals surface area contributed by atoms with E-state index in [1.165, 1.54) is 12.1 Å². The smallest absolute Gasteiger partial charge is 0.240 e. The van der Waals surface area contributed by atoms with Gasteiger partial charge in [0.1, 0.15) is 5.82 Å². The van der Waals surface area contributed by atoms with Crippen molar-refractivity contribution in [3.63, 3.8) is 0 Å². The number of nitrogens with one attached hydrogen (secondary N) is 2. The average molecular weight is 471 g/mol. The van der Waals surface area contributed by atoms with Gasteiger partial charge in [-0.15, -0.1) is 0 Å². The van der Waals surface area contributed by atoms with Crippen LogP contribution in [0.2, 0.25) is 0 Å². The van der Waals surface area contributed by atoms with Gasteiger partial charge in [-0.25, -0.2) is 17.5 Å². The summed E-state index contributed by atoms with van der Waals surface area (Å²) < 4.78 is 47.1. The normalized spacial score (nSPS) is 15.9. The second kappa shape index (κ2) is 9.99. The molecule has 1 fully saturated rings. The van der Waals surface area contributed by atoms with Gasteiger partial charge in [0, 0.05) is 38.1 Å². The predicted octanol–water partition coefficient (Wildman–Crippen LogP) is 3.51. The van der Waals surface area contributed by atoms with Gasteiger partial charge in [0.25, 0.3) is 0 Å². The van der Waals surface area contributed by atoms with E-state index < -0.39 is 15.4 Å².